The molecule has 0 aromatic heterocycles. The molecule has 2 aromatic carbocycles. The molecule has 0 aliphatic heterocycles. The molecule has 0 heterocycles. The number of allylic oxidation sites excluding steroid dienone is 10. The Labute approximate surface area is 244 Å². The van der Waals surface area contributed by atoms with Crippen LogP contribution in [0.25, 0.3) is 0 Å². The molecule has 1 saturated carbocycles. The predicted molar refractivity (Wildman–Crippen MR) is 165 cm³/mol. The molecule has 212 valence electrons. The van der Waals surface area contributed by atoms with Crippen molar-refractivity contribution in [3.63, 3.8) is 0 Å². The van der Waals surface area contributed by atoms with Gasteiger partial charge in [0.2, 0.25) is 0 Å². The molecule has 0 saturated heterocycles. The van der Waals surface area contributed by atoms with Gasteiger partial charge in [0, 0.05) is 23.3 Å². The fourth-order valence-electron chi connectivity index (χ4n) is 6.80. The first-order valence-electron chi connectivity index (χ1n) is 14.3. The average molecular weight is 549 g/mol. The highest BCUT2D eigenvalue weighted by atomic mass is 16.5. The smallest absolute Gasteiger partial charge is 0.334 e. The van der Waals surface area contributed by atoms with Gasteiger partial charge in [0.1, 0.15) is 0 Å². The van der Waals surface area contributed by atoms with Crippen LogP contribution in [0.15, 0.2) is 112 Å². The minimum Gasteiger partial charge on any atom is -0.493 e. The van der Waals surface area contributed by atoms with E-state index >= 15 is 0 Å². The van der Waals surface area contributed by atoms with Crippen LogP contribution < -0.4 is 9.47 Å². The third-order valence-electron chi connectivity index (χ3n) is 8.78. The first-order valence-corrected chi connectivity index (χ1v) is 14.3. The van der Waals surface area contributed by atoms with Crippen molar-refractivity contribution in [2.75, 3.05) is 20.8 Å². The van der Waals surface area contributed by atoms with Crippen LogP contribution in [0.1, 0.15) is 62.6 Å². The highest BCUT2D eigenvalue weighted by Gasteiger charge is 2.43. The topological polar surface area (TPSA) is 44.8 Å². The van der Waals surface area contributed by atoms with E-state index in [9.17, 15) is 4.79 Å². The van der Waals surface area contributed by atoms with Crippen molar-refractivity contribution in [2.45, 2.75) is 52.9 Å². The Hall–Kier alpha value is -4.05. The van der Waals surface area contributed by atoms with Crippen LogP contribution in [0, 0.1) is 12.8 Å². The molecule has 41 heavy (non-hydrogen) atoms. The number of carbonyl (C=O) groups is 1. The van der Waals surface area contributed by atoms with Gasteiger partial charge in [0.15, 0.2) is 11.5 Å². The molecule has 0 radical (unpaired) electrons. The quantitative estimate of drug-likeness (QED) is 0.326. The molecular formula is C37H40O4. The third kappa shape index (κ3) is 5.12. The van der Waals surface area contributed by atoms with Gasteiger partial charge >= 0.3 is 5.97 Å². The number of carbonyl (C=O) groups excluding carboxylic acids is 1. The second kappa shape index (κ2) is 11.4. The van der Waals surface area contributed by atoms with E-state index in [0.717, 1.165) is 23.1 Å². The number of ether oxygens (including phenoxy) is 3. The van der Waals surface area contributed by atoms with Gasteiger partial charge in [-0.2, -0.15) is 0 Å². The van der Waals surface area contributed by atoms with Crippen LogP contribution in [0.5, 0.6) is 11.5 Å². The normalized spacial score (nSPS) is 23.0. The van der Waals surface area contributed by atoms with Gasteiger partial charge < -0.3 is 14.2 Å². The fraction of sp³-hybridized carbons (Fsp3) is 0.324. The Morgan fingerprint density at radius 2 is 1.61 bits per heavy atom. The SMILES string of the molecule is C=C1/C(=C\C2=C(C)C(c3ccc(C)cc3)C(C)=C2)CC2=CC(C)=C(C(=O)OCC)C(c3ccc(OC)c(OC)c3)C12. The summed E-state index contributed by atoms with van der Waals surface area (Å²) in [6, 6.07) is 14.8. The zero-order chi connectivity index (χ0) is 29.4. The molecule has 0 bridgehead atoms. The third-order valence-corrected chi connectivity index (χ3v) is 8.78. The minimum atomic E-state index is -0.279. The molecule has 0 N–H and O–H groups in total. The molecule has 2 aromatic rings. The lowest BCUT2D eigenvalue weighted by atomic mass is 9.71. The zero-order valence-electron chi connectivity index (χ0n) is 25.3. The summed E-state index contributed by atoms with van der Waals surface area (Å²) in [6.45, 7) is 15.4. The maximum atomic E-state index is 13.4. The standard InChI is InChI=1S/C37H40O4/c1-9-41-37(38)34-23(4)17-30-19-29(18-28-16-22(3)33(24(28)5)26-12-10-21(2)11-13-26)25(6)35(30)36(34)27-14-15-31(39-7)32(20-27)40-8/h10-18,20,33,35-36H,6,9,19H2,1-5,7-8H3/b29-18-. The van der Waals surface area contributed by atoms with Crippen molar-refractivity contribution in [1.29, 1.82) is 0 Å². The van der Waals surface area contributed by atoms with Gasteiger partial charge in [-0.3, -0.25) is 0 Å². The second-order valence-electron chi connectivity index (χ2n) is 11.3. The number of esters is 1. The van der Waals surface area contributed by atoms with Gasteiger partial charge in [0.05, 0.1) is 20.8 Å². The van der Waals surface area contributed by atoms with E-state index in [1.807, 2.05) is 32.0 Å². The summed E-state index contributed by atoms with van der Waals surface area (Å²) >= 11 is 0. The second-order valence-corrected chi connectivity index (χ2v) is 11.3. The molecule has 1 fully saturated rings. The molecule has 0 spiro atoms. The van der Waals surface area contributed by atoms with Crippen molar-refractivity contribution in [3.05, 3.63) is 129 Å². The van der Waals surface area contributed by atoms with Crippen LogP contribution in [0.4, 0.5) is 0 Å². The number of methoxy groups -OCH3 is 2. The van der Waals surface area contributed by atoms with Crippen molar-refractivity contribution in [2.24, 2.45) is 5.92 Å². The van der Waals surface area contributed by atoms with Gasteiger partial charge in [-0.05, 0) is 86.6 Å². The van der Waals surface area contributed by atoms with Crippen LogP contribution in [0.3, 0.4) is 0 Å². The maximum absolute atomic E-state index is 13.4. The summed E-state index contributed by atoms with van der Waals surface area (Å²) < 4.78 is 16.7. The monoisotopic (exact) mass is 548 g/mol. The minimum absolute atomic E-state index is 0.0391. The lowest BCUT2D eigenvalue weighted by Crippen LogP contribution is -2.26. The fourth-order valence-corrected chi connectivity index (χ4v) is 6.80. The van der Waals surface area contributed by atoms with Crippen LogP contribution in [0.2, 0.25) is 0 Å². The summed E-state index contributed by atoms with van der Waals surface area (Å²) in [5.74, 6) is 1.03. The molecule has 4 heteroatoms. The van der Waals surface area contributed by atoms with E-state index < -0.39 is 0 Å². The number of fused-ring (bicyclic) bond motifs is 1. The van der Waals surface area contributed by atoms with Crippen molar-refractivity contribution in [3.8, 4) is 11.5 Å². The lowest BCUT2D eigenvalue weighted by molar-refractivity contribution is -0.139. The van der Waals surface area contributed by atoms with Crippen molar-refractivity contribution in [1.82, 2.24) is 0 Å². The Morgan fingerprint density at radius 1 is 0.927 bits per heavy atom. The number of aryl methyl sites for hydroxylation is 1. The van der Waals surface area contributed by atoms with Crippen molar-refractivity contribution < 1.29 is 19.0 Å². The number of rotatable bonds is 7. The highest BCUT2D eigenvalue weighted by Crippen LogP contribution is 2.54. The maximum Gasteiger partial charge on any atom is 0.334 e. The zero-order valence-corrected chi connectivity index (χ0v) is 25.3. The number of benzene rings is 2. The lowest BCUT2D eigenvalue weighted by Gasteiger charge is -2.32. The Kier molecular flexibility index (Phi) is 7.95. The van der Waals surface area contributed by atoms with Crippen LogP contribution in [-0.4, -0.2) is 26.8 Å². The molecule has 4 nitrogen and oxygen atoms in total. The number of hydrogen-bond donors (Lipinski definition) is 0. The summed E-state index contributed by atoms with van der Waals surface area (Å²) in [6.07, 6.45) is 7.61. The van der Waals surface area contributed by atoms with Gasteiger partial charge in [-0.25, -0.2) is 4.79 Å². The Morgan fingerprint density at radius 3 is 2.27 bits per heavy atom. The molecule has 3 aliphatic carbocycles. The molecule has 0 amide bonds. The summed E-state index contributed by atoms with van der Waals surface area (Å²) in [4.78, 5) is 13.4. The van der Waals surface area contributed by atoms with Gasteiger partial charge in [0.25, 0.3) is 0 Å². The highest BCUT2D eigenvalue weighted by molar-refractivity contribution is 5.93. The molecule has 3 aliphatic rings. The van der Waals surface area contributed by atoms with E-state index in [2.05, 4.69) is 69.8 Å². The first-order chi connectivity index (χ1) is 19.7. The Bertz CT molecular complexity index is 1560. The van der Waals surface area contributed by atoms with Gasteiger partial charge in [-0.15, -0.1) is 0 Å². The largest absolute Gasteiger partial charge is 0.493 e. The molecular weight excluding hydrogens is 508 g/mol. The average Bonchev–Trinajstić information content (AvgIpc) is 3.41. The van der Waals surface area contributed by atoms with E-state index in [1.54, 1.807) is 14.2 Å². The van der Waals surface area contributed by atoms with E-state index in [1.165, 1.54) is 39.0 Å². The summed E-state index contributed by atoms with van der Waals surface area (Å²) in [5, 5.41) is 0. The van der Waals surface area contributed by atoms with E-state index in [-0.39, 0.29) is 23.7 Å². The van der Waals surface area contributed by atoms with Crippen LogP contribution in [-0.2, 0) is 9.53 Å². The summed E-state index contributed by atoms with van der Waals surface area (Å²) in [7, 11) is 3.26. The molecule has 3 unspecified atom stereocenters. The molecule has 5 rings (SSSR count). The predicted octanol–water partition coefficient (Wildman–Crippen LogP) is 8.48. The summed E-state index contributed by atoms with van der Waals surface area (Å²) in [5.41, 5.74) is 12.7. The van der Waals surface area contributed by atoms with Crippen LogP contribution >= 0.6 is 0 Å². The number of hydrogen-bond acceptors (Lipinski definition) is 4. The van der Waals surface area contributed by atoms with E-state index in [0.29, 0.717) is 23.7 Å². The van der Waals surface area contributed by atoms with Gasteiger partial charge in [-0.1, -0.05) is 77.4 Å². The van der Waals surface area contributed by atoms with Crippen molar-refractivity contribution >= 4 is 5.97 Å². The molecule has 3 atom stereocenters. The van der Waals surface area contributed by atoms with E-state index in [4.69, 9.17) is 14.2 Å². The Balaban J connectivity index is 1.56. The first kappa shape index (κ1) is 28.5.